The third-order valence-corrected chi connectivity index (χ3v) is 2.51. The van der Waals surface area contributed by atoms with Crippen molar-refractivity contribution in [1.29, 1.82) is 0 Å². The van der Waals surface area contributed by atoms with Crippen LogP contribution in [0.2, 0.25) is 5.15 Å². The molecule has 2 aromatic rings. The first kappa shape index (κ1) is 12.6. The summed E-state index contributed by atoms with van der Waals surface area (Å²) in [7, 11) is 1.62. The van der Waals surface area contributed by atoms with E-state index in [1.807, 2.05) is 31.2 Å². The van der Waals surface area contributed by atoms with Crippen LogP contribution in [0.25, 0.3) is 11.4 Å². The van der Waals surface area contributed by atoms with Gasteiger partial charge in [0.25, 0.3) is 0 Å². The van der Waals surface area contributed by atoms with Gasteiger partial charge >= 0.3 is 0 Å². The molecule has 0 unspecified atom stereocenters. The van der Waals surface area contributed by atoms with E-state index >= 15 is 0 Å². The summed E-state index contributed by atoms with van der Waals surface area (Å²) in [5.74, 6) is 1.79. The van der Waals surface area contributed by atoms with Crippen molar-refractivity contribution in [3.63, 3.8) is 0 Å². The van der Waals surface area contributed by atoms with Crippen molar-refractivity contribution < 1.29 is 9.47 Å². The zero-order chi connectivity index (χ0) is 13.0. The van der Waals surface area contributed by atoms with Crippen LogP contribution in [0.3, 0.4) is 0 Å². The van der Waals surface area contributed by atoms with Crippen LogP contribution in [0.4, 0.5) is 0 Å². The van der Waals surface area contributed by atoms with Crippen LogP contribution in [0.1, 0.15) is 6.92 Å². The van der Waals surface area contributed by atoms with Crippen LogP contribution >= 0.6 is 11.6 Å². The summed E-state index contributed by atoms with van der Waals surface area (Å²) in [5.41, 5.74) is 0.860. The van der Waals surface area contributed by atoms with Gasteiger partial charge in [0.05, 0.1) is 13.7 Å². The molecule has 0 saturated heterocycles. The Morgan fingerprint density at radius 3 is 2.50 bits per heavy atom. The van der Waals surface area contributed by atoms with E-state index in [0.717, 1.165) is 11.3 Å². The van der Waals surface area contributed by atoms with Gasteiger partial charge in [-0.25, -0.2) is 4.98 Å². The summed E-state index contributed by atoms with van der Waals surface area (Å²) in [6, 6.07) is 9.04. The number of benzene rings is 1. The molecule has 18 heavy (non-hydrogen) atoms. The minimum absolute atomic E-state index is 0.360. The molecule has 5 heteroatoms. The zero-order valence-corrected chi connectivity index (χ0v) is 10.9. The number of aromatic nitrogens is 2. The van der Waals surface area contributed by atoms with E-state index in [-0.39, 0.29) is 0 Å². The van der Waals surface area contributed by atoms with Crippen LogP contribution in [-0.2, 0) is 0 Å². The van der Waals surface area contributed by atoms with Gasteiger partial charge in [0.2, 0.25) is 5.88 Å². The first-order chi connectivity index (χ1) is 8.72. The van der Waals surface area contributed by atoms with Gasteiger partial charge in [-0.3, -0.25) is 0 Å². The molecule has 0 spiro atoms. The van der Waals surface area contributed by atoms with E-state index in [9.17, 15) is 0 Å². The Balaban J connectivity index is 2.36. The maximum Gasteiger partial charge on any atom is 0.218 e. The molecular weight excluding hydrogens is 252 g/mol. The standard InChI is InChI=1S/C13H13ClN2O2/c1-3-18-12-8-11(14)15-13(16-12)9-4-6-10(17-2)7-5-9/h4-8H,3H2,1-2H3. The van der Waals surface area contributed by atoms with Crippen LogP contribution in [-0.4, -0.2) is 23.7 Å². The summed E-state index contributed by atoms with van der Waals surface area (Å²) < 4.78 is 10.4. The highest BCUT2D eigenvalue weighted by Crippen LogP contribution is 2.23. The first-order valence-electron chi connectivity index (χ1n) is 5.54. The molecule has 1 heterocycles. The molecule has 0 amide bonds. The predicted octanol–water partition coefficient (Wildman–Crippen LogP) is 3.20. The molecular formula is C13H13ClN2O2. The van der Waals surface area contributed by atoms with Crippen LogP contribution < -0.4 is 9.47 Å². The second-order valence-corrected chi connectivity index (χ2v) is 3.90. The quantitative estimate of drug-likeness (QED) is 0.796. The Kier molecular flexibility index (Phi) is 3.99. The fourth-order valence-electron chi connectivity index (χ4n) is 1.49. The number of rotatable bonds is 4. The number of halogens is 1. The molecule has 0 aliphatic carbocycles. The minimum atomic E-state index is 0.360. The molecule has 0 saturated carbocycles. The topological polar surface area (TPSA) is 44.2 Å². The molecule has 94 valence electrons. The van der Waals surface area contributed by atoms with Gasteiger partial charge in [0, 0.05) is 11.6 Å². The Morgan fingerprint density at radius 2 is 1.89 bits per heavy atom. The smallest absolute Gasteiger partial charge is 0.218 e. The molecule has 0 atom stereocenters. The van der Waals surface area contributed by atoms with E-state index in [0.29, 0.717) is 23.5 Å². The average molecular weight is 265 g/mol. The van der Waals surface area contributed by atoms with Gasteiger partial charge in [-0.2, -0.15) is 4.98 Å². The fourth-order valence-corrected chi connectivity index (χ4v) is 1.66. The van der Waals surface area contributed by atoms with Crippen molar-refractivity contribution in [3.05, 3.63) is 35.5 Å². The van der Waals surface area contributed by atoms with E-state index in [4.69, 9.17) is 21.1 Å². The maximum atomic E-state index is 5.94. The minimum Gasteiger partial charge on any atom is -0.497 e. The molecule has 0 fully saturated rings. The maximum absolute atomic E-state index is 5.94. The third-order valence-electron chi connectivity index (χ3n) is 2.31. The van der Waals surface area contributed by atoms with Gasteiger partial charge in [-0.1, -0.05) is 11.6 Å². The summed E-state index contributed by atoms with van der Waals surface area (Å²) in [5, 5.41) is 0.360. The predicted molar refractivity (Wildman–Crippen MR) is 70.2 cm³/mol. The molecule has 1 aromatic heterocycles. The van der Waals surface area contributed by atoms with Crippen molar-refractivity contribution in [2.75, 3.05) is 13.7 Å². The summed E-state index contributed by atoms with van der Waals surface area (Å²) in [6.07, 6.45) is 0. The average Bonchev–Trinajstić information content (AvgIpc) is 2.38. The van der Waals surface area contributed by atoms with E-state index in [2.05, 4.69) is 9.97 Å². The SMILES string of the molecule is CCOc1cc(Cl)nc(-c2ccc(OC)cc2)n1. The number of hydrogen-bond donors (Lipinski definition) is 0. The molecule has 0 N–H and O–H groups in total. The number of methoxy groups -OCH3 is 1. The van der Waals surface area contributed by atoms with Crippen molar-refractivity contribution in [2.45, 2.75) is 6.92 Å². The first-order valence-corrected chi connectivity index (χ1v) is 5.92. The van der Waals surface area contributed by atoms with Crippen molar-refractivity contribution in [2.24, 2.45) is 0 Å². The Labute approximate surface area is 111 Å². The monoisotopic (exact) mass is 264 g/mol. The van der Waals surface area contributed by atoms with Crippen LogP contribution in [0.5, 0.6) is 11.6 Å². The molecule has 1 aromatic carbocycles. The highest BCUT2D eigenvalue weighted by molar-refractivity contribution is 6.29. The normalized spacial score (nSPS) is 10.2. The fraction of sp³-hybridized carbons (Fsp3) is 0.231. The molecule has 0 aliphatic rings. The summed E-state index contributed by atoms with van der Waals surface area (Å²) in [4.78, 5) is 8.47. The molecule has 0 bridgehead atoms. The Morgan fingerprint density at radius 1 is 1.17 bits per heavy atom. The van der Waals surface area contributed by atoms with Gasteiger partial charge in [-0.15, -0.1) is 0 Å². The van der Waals surface area contributed by atoms with Gasteiger partial charge < -0.3 is 9.47 Å². The molecule has 4 nitrogen and oxygen atoms in total. The van der Waals surface area contributed by atoms with E-state index < -0.39 is 0 Å². The molecule has 0 aliphatic heterocycles. The van der Waals surface area contributed by atoms with Crippen molar-refractivity contribution in [3.8, 4) is 23.0 Å². The summed E-state index contributed by atoms with van der Waals surface area (Å²) in [6.45, 7) is 2.43. The number of hydrogen-bond acceptors (Lipinski definition) is 4. The second kappa shape index (κ2) is 5.69. The molecule has 0 radical (unpaired) electrons. The highest BCUT2D eigenvalue weighted by Gasteiger charge is 2.06. The zero-order valence-electron chi connectivity index (χ0n) is 10.2. The van der Waals surface area contributed by atoms with E-state index in [1.54, 1.807) is 13.2 Å². The Hall–Kier alpha value is -1.81. The highest BCUT2D eigenvalue weighted by atomic mass is 35.5. The van der Waals surface area contributed by atoms with Gasteiger partial charge in [0.1, 0.15) is 10.9 Å². The lowest BCUT2D eigenvalue weighted by Crippen LogP contribution is -1.97. The molecule has 2 rings (SSSR count). The van der Waals surface area contributed by atoms with Crippen molar-refractivity contribution >= 4 is 11.6 Å². The third kappa shape index (κ3) is 2.90. The lowest BCUT2D eigenvalue weighted by atomic mass is 10.2. The van der Waals surface area contributed by atoms with Gasteiger partial charge in [0.15, 0.2) is 5.82 Å². The Bertz CT molecular complexity index is 529. The van der Waals surface area contributed by atoms with Crippen LogP contribution in [0, 0.1) is 0 Å². The van der Waals surface area contributed by atoms with Gasteiger partial charge in [-0.05, 0) is 31.2 Å². The number of ether oxygens (including phenoxy) is 2. The number of nitrogens with zero attached hydrogens (tertiary/aromatic N) is 2. The van der Waals surface area contributed by atoms with Crippen molar-refractivity contribution in [1.82, 2.24) is 9.97 Å². The van der Waals surface area contributed by atoms with E-state index in [1.165, 1.54) is 0 Å². The second-order valence-electron chi connectivity index (χ2n) is 3.51. The lowest BCUT2D eigenvalue weighted by molar-refractivity contribution is 0.326. The lowest BCUT2D eigenvalue weighted by Gasteiger charge is -2.06. The largest absolute Gasteiger partial charge is 0.497 e. The summed E-state index contributed by atoms with van der Waals surface area (Å²) >= 11 is 5.94. The van der Waals surface area contributed by atoms with Crippen LogP contribution in [0.15, 0.2) is 30.3 Å².